The van der Waals surface area contributed by atoms with Crippen molar-refractivity contribution < 1.29 is 19.4 Å². The van der Waals surface area contributed by atoms with Gasteiger partial charge in [0.1, 0.15) is 6.54 Å². The van der Waals surface area contributed by atoms with E-state index in [1.165, 1.54) is 18.0 Å². The monoisotopic (exact) mass is 426 g/mol. The number of benzene rings is 1. The molecule has 0 bridgehead atoms. The van der Waals surface area contributed by atoms with Crippen molar-refractivity contribution in [3.8, 4) is 0 Å². The smallest absolute Gasteiger partial charge is 0.240 e. The Balaban J connectivity index is 1.89. The third-order valence-electron chi connectivity index (χ3n) is 3.76. The van der Waals surface area contributed by atoms with Crippen LogP contribution < -0.4 is 10.6 Å². The van der Waals surface area contributed by atoms with Crippen LogP contribution in [0.25, 0.3) is 0 Å². The second-order valence-electron chi connectivity index (χ2n) is 5.78. The van der Waals surface area contributed by atoms with E-state index in [0.717, 1.165) is 5.56 Å². The van der Waals surface area contributed by atoms with Crippen molar-refractivity contribution >= 4 is 35.2 Å². The summed E-state index contributed by atoms with van der Waals surface area (Å²) in [7, 11) is 1.55. The lowest BCUT2D eigenvalue weighted by Crippen LogP contribution is -2.31. The minimum absolute atomic E-state index is 0.00316. The van der Waals surface area contributed by atoms with Crippen molar-refractivity contribution in [2.75, 3.05) is 26.0 Å². The van der Waals surface area contributed by atoms with E-state index in [0.29, 0.717) is 35.6 Å². The number of imidazole rings is 1. The standard InChI is InChI=1S/C18H23ClN4O4S/c1-27-7-6-20-16(25)10-23-14(11-24)9-22-18(23)28-12-17(26)21-8-13-4-2-3-5-15(13)19/h2-5,9,24H,6-8,10-12H2,1H3,(H,20,25)(H,21,26). The van der Waals surface area contributed by atoms with Gasteiger partial charge in [0, 0.05) is 25.2 Å². The highest BCUT2D eigenvalue weighted by molar-refractivity contribution is 7.99. The molecule has 10 heteroatoms. The molecule has 3 N–H and O–H groups in total. The minimum atomic E-state index is -0.252. The van der Waals surface area contributed by atoms with Gasteiger partial charge < -0.3 is 25.0 Å². The number of aliphatic hydroxyl groups is 1. The van der Waals surface area contributed by atoms with Gasteiger partial charge in [-0.1, -0.05) is 41.6 Å². The van der Waals surface area contributed by atoms with E-state index in [-0.39, 0.29) is 30.7 Å². The van der Waals surface area contributed by atoms with Crippen LogP contribution in [0.2, 0.25) is 5.02 Å². The largest absolute Gasteiger partial charge is 0.390 e. The van der Waals surface area contributed by atoms with Crippen molar-refractivity contribution in [1.29, 1.82) is 0 Å². The predicted octanol–water partition coefficient (Wildman–Crippen LogP) is 1.20. The number of ether oxygens (including phenoxy) is 1. The summed E-state index contributed by atoms with van der Waals surface area (Å²) >= 11 is 7.27. The van der Waals surface area contributed by atoms with Gasteiger partial charge in [0.2, 0.25) is 11.8 Å². The molecule has 1 heterocycles. The SMILES string of the molecule is COCCNC(=O)Cn1c(CO)cnc1SCC(=O)NCc1ccccc1Cl. The van der Waals surface area contributed by atoms with Crippen LogP contribution in [0.15, 0.2) is 35.6 Å². The van der Waals surface area contributed by atoms with E-state index in [9.17, 15) is 14.7 Å². The van der Waals surface area contributed by atoms with Crippen LogP contribution in [0.5, 0.6) is 0 Å². The number of hydrogen-bond acceptors (Lipinski definition) is 6. The zero-order valence-corrected chi connectivity index (χ0v) is 17.1. The zero-order chi connectivity index (χ0) is 20.4. The van der Waals surface area contributed by atoms with Crippen molar-refractivity contribution in [1.82, 2.24) is 20.2 Å². The molecule has 0 spiro atoms. The maximum absolute atomic E-state index is 12.1. The second-order valence-corrected chi connectivity index (χ2v) is 7.13. The van der Waals surface area contributed by atoms with E-state index in [1.54, 1.807) is 17.7 Å². The molecule has 0 atom stereocenters. The van der Waals surface area contributed by atoms with Crippen LogP contribution in [0.3, 0.4) is 0 Å². The molecule has 0 fully saturated rings. The highest BCUT2D eigenvalue weighted by Crippen LogP contribution is 2.19. The van der Waals surface area contributed by atoms with Gasteiger partial charge in [0.15, 0.2) is 5.16 Å². The predicted molar refractivity (Wildman–Crippen MR) is 107 cm³/mol. The molecule has 0 aliphatic heterocycles. The number of hydrogen-bond donors (Lipinski definition) is 3. The van der Waals surface area contributed by atoms with E-state index < -0.39 is 0 Å². The van der Waals surface area contributed by atoms with Crippen LogP contribution >= 0.6 is 23.4 Å². The molecule has 0 radical (unpaired) electrons. The summed E-state index contributed by atoms with van der Waals surface area (Å²) in [6.45, 7) is 0.888. The van der Waals surface area contributed by atoms with Crippen LogP contribution in [-0.4, -0.2) is 52.5 Å². The minimum Gasteiger partial charge on any atom is -0.390 e. The summed E-state index contributed by atoms with van der Waals surface area (Å²) in [5, 5.41) is 16.1. The van der Waals surface area contributed by atoms with Crippen LogP contribution in [0.1, 0.15) is 11.3 Å². The van der Waals surface area contributed by atoms with Gasteiger partial charge in [-0.15, -0.1) is 0 Å². The second kappa shape index (κ2) is 11.7. The first-order chi connectivity index (χ1) is 13.5. The van der Waals surface area contributed by atoms with Gasteiger partial charge in [0.25, 0.3) is 0 Å². The van der Waals surface area contributed by atoms with Gasteiger partial charge in [-0.3, -0.25) is 9.59 Å². The van der Waals surface area contributed by atoms with Crippen LogP contribution in [-0.2, 0) is 34.0 Å². The van der Waals surface area contributed by atoms with Crippen LogP contribution in [0.4, 0.5) is 0 Å². The lowest BCUT2D eigenvalue weighted by molar-refractivity contribution is -0.122. The number of aromatic nitrogens is 2. The third-order valence-corrected chi connectivity index (χ3v) is 5.12. The summed E-state index contributed by atoms with van der Waals surface area (Å²) < 4.78 is 6.48. The maximum atomic E-state index is 12.1. The van der Waals surface area contributed by atoms with E-state index >= 15 is 0 Å². The molecule has 0 unspecified atom stereocenters. The summed E-state index contributed by atoms with van der Waals surface area (Å²) in [5.74, 6) is -0.290. The lowest BCUT2D eigenvalue weighted by atomic mass is 10.2. The molecule has 0 aliphatic carbocycles. The average Bonchev–Trinajstić information content (AvgIpc) is 3.07. The van der Waals surface area contributed by atoms with Gasteiger partial charge in [-0.25, -0.2) is 4.98 Å². The summed E-state index contributed by atoms with van der Waals surface area (Å²) in [6.07, 6.45) is 1.49. The van der Waals surface area contributed by atoms with Crippen molar-refractivity contribution in [3.05, 3.63) is 46.7 Å². The first-order valence-corrected chi connectivity index (χ1v) is 9.95. The Morgan fingerprint density at radius 3 is 2.79 bits per heavy atom. The fraction of sp³-hybridized carbons (Fsp3) is 0.389. The fourth-order valence-corrected chi connectivity index (χ4v) is 3.34. The number of methoxy groups -OCH3 is 1. The molecule has 0 saturated carbocycles. The molecule has 1 aromatic carbocycles. The molecule has 0 saturated heterocycles. The topological polar surface area (TPSA) is 105 Å². The van der Waals surface area contributed by atoms with Gasteiger partial charge in [-0.05, 0) is 11.6 Å². The van der Waals surface area contributed by atoms with Gasteiger partial charge >= 0.3 is 0 Å². The Kier molecular flexibility index (Phi) is 9.29. The lowest BCUT2D eigenvalue weighted by Gasteiger charge is -2.11. The third kappa shape index (κ3) is 6.83. The van der Waals surface area contributed by atoms with Gasteiger partial charge in [0.05, 0.1) is 30.9 Å². The number of carbonyl (C=O) groups is 2. The number of amides is 2. The average molecular weight is 427 g/mol. The maximum Gasteiger partial charge on any atom is 0.240 e. The fourth-order valence-electron chi connectivity index (χ4n) is 2.31. The summed E-state index contributed by atoms with van der Waals surface area (Å²) in [6, 6.07) is 7.29. The van der Waals surface area contributed by atoms with Gasteiger partial charge in [-0.2, -0.15) is 0 Å². The molecule has 8 nitrogen and oxygen atoms in total. The Morgan fingerprint density at radius 2 is 2.07 bits per heavy atom. The zero-order valence-electron chi connectivity index (χ0n) is 15.5. The molecule has 2 rings (SSSR count). The number of thioether (sulfide) groups is 1. The highest BCUT2D eigenvalue weighted by Gasteiger charge is 2.15. The van der Waals surface area contributed by atoms with Crippen molar-refractivity contribution in [3.63, 3.8) is 0 Å². The van der Waals surface area contributed by atoms with E-state index in [1.807, 2.05) is 18.2 Å². The molecule has 2 aromatic rings. The first kappa shape index (κ1) is 22.2. The number of carbonyl (C=O) groups excluding carboxylic acids is 2. The van der Waals surface area contributed by atoms with E-state index in [2.05, 4.69) is 15.6 Å². The Morgan fingerprint density at radius 1 is 1.29 bits per heavy atom. The Bertz CT molecular complexity index is 800. The number of rotatable bonds is 11. The molecular formula is C18H23ClN4O4S. The number of nitrogens with one attached hydrogen (secondary N) is 2. The summed E-state index contributed by atoms with van der Waals surface area (Å²) in [4.78, 5) is 28.4. The summed E-state index contributed by atoms with van der Waals surface area (Å²) in [5.41, 5.74) is 1.33. The molecule has 2 amide bonds. The molecular weight excluding hydrogens is 404 g/mol. The Labute approximate surface area is 172 Å². The van der Waals surface area contributed by atoms with Crippen molar-refractivity contribution in [2.24, 2.45) is 0 Å². The first-order valence-electron chi connectivity index (χ1n) is 8.59. The number of halogens is 1. The highest BCUT2D eigenvalue weighted by atomic mass is 35.5. The molecule has 1 aromatic heterocycles. The molecule has 0 aliphatic rings. The molecule has 28 heavy (non-hydrogen) atoms. The van der Waals surface area contributed by atoms with Crippen LogP contribution in [0, 0.1) is 0 Å². The van der Waals surface area contributed by atoms with E-state index in [4.69, 9.17) is 16.3 Å². The number of nitrogens with zero attached hydrogens (tertiary/aromatic N) is 2. The Hall–Kier alpha value is -2.07. The number of aliphatic hydroxyl groups excluding tert-OH is 1. The molecule has 152 valence electrons. The van der Waals surface area contributed by atoms with Crippen molar-refractivity contribution in [2.45, 2.75) is 24.9 Å². The normalized spacial score (nSPS) is 10.7. The quantitative estimate of drug-likeness (QED) is 0.368.